The number of ether oxygens (including phenoxy) is 2. The monoisotopic (exact) mass is 327 g/mol. The molecule has 2 aromatic rings. The average molecular weight is 327 g/mol. The van der Waals surface area contributed by atoms with Crippen molar-refractivity contribution in [1.29, 1.82) is 0 Å². The van der Waals surface area contributed by atoms with Crippen molar-refractivity contribution in [3.05, 3.63) is 71.8 Å². The maximum absolute atomic E-state index is 12.6. The van der Waals surface area contributed by atoms with Crippen LogP contribution in [0.1, 0.15) is 24.0 Å². The van der Waals surface area contributed by atoms with E-state index >= 15 is 0 Å². The number of rotatable bonds is 7. The van der Waals surface area contributed by atoms with Crippen molar-refractivity contribution in [2.24, 2.45) is 5.73 Å². The van der Waals surface area contributed by atoms with Crippen LogP contribution in [0.15, 0.2) is 60.7 Å². The molecule has 0 radical (unpaired) electrons. The molecule has 0 saturated heterocycles. The molecule has 2 atom stereocenters. The zero-order chi connectivity index (χ0) is 17.4. The summed E-state index contributed by atoms with van der Waals surface area (Å²) in [5.74, 6) is -2.08. The molecule has 0 fully saturated rings. The Morgan fingerprint density at radius 1 is 0.917 bits per heavy atom. The van der Waals surface area contributed by atoms with Crippen molar-refractivity contribution < 1.29 is 19.1 Å². The summed E-state index contributed by atoms with van der Waals surface area (Å²) in [4.78, 5) is 24.5. The summed E-state index contributed by atoms with van der Waals surface area (Å²) in [5, 5.41) is 0. The third kappa shape index (κ3) is 4.67. The third-order valence-electron chi connectivity index (χ3n) is 3.55. The molecule has 2 rings (SSSR count). The second-order valence-corrected chi connectivity index (χ2v) is 5.26. The van der Waals surface area contributed by atoms with Gasteiger partial charge in [0.25, 0.3) is 0 Å². The molecule has 2 N–H and O–H groups in total. The number of carbonyl (C=O) groups excluding carboxylic acids is 2. The first-order chi connectivity index (χ1) is 11.6. The van der Waals surface area contributed by atoms with Gasteiger partial charge in [0.15, 0.2) is 0 Å². The molecule has 0 saturated carbocycles. The van der Waals surface area contributed by atoms with E-state index in [9.17, 15) is 9.59 Å². The number of carbonyl (C=O) groups is 2. The number of hydrogen-bond acceptors (Lipinski definition) is 5. The summed E-state index contributed by atoms with van der Waals surface area (Å²) in [6.07, 6.45) is 0. The smallest absolute Gasteiger partial charge is 0.324 e. The van der Waals surface area contributed by atoms with Gasteiger partial charge in [0.05, 0.1) is 6.61 Å². The lowest BCUT2D eigenvalue weighted by Crippen LogP contribution is -2.42. The molecule has 0 aromatic heterocycles. The first-order valence-corrected chi connectivity index (χ1v) is 7.81. The highest BCUT2D eigenvalue weighted by Crippen LogP contribution is 2.22. The minimum Gasteiger partial charge on any atom is -0.465 e. The summed E-state index contributed by atoms with van der Waals surface area (Å²) >= 11 is 0. The topological polar surface area (TPSA) is 78.6 Å². The molecule has 0 spiro atoms. The highest BCUT2D eigenvalue weighted by atomic mass is 16.5. The van der Waals surface area contributed by atoms with Gasteiger partial charge in [-0.2, -0.15) is 0 Å². The van der Waals surface area contributed by atoms with E-state index in [2.05, 4.69) is 0 Å². The van der Waals surface area contributed by atoms with Gasteiger partial charge in [0, 0.05) is 0 Å². The normalized spacial score (nSPS) is 12.9. The SMILES string of the molecule is CCOC(=O)[C@@H](N)C(C(=O)OCc1ccccc1)c1ccccc1. The average Bonchev–Trinajstić information content (AvgIpc) is 2.62. The third-order valence-corrected chi connectivity index (χ3v) is 3.55. The first kappa shape index (κ1) is 17.7. The summed E-state index contributed by atoms with van der Waals surface area (Å²) in [6, 6.07) is 17.1. The van der Waals surface area contributed by atoms with Crippen molar-refractivity contribution in [3.8, 4) is 0 Å². The van der Waals surface area contributed by atoms with Gasteiger partial charge in [0.1, 0.15) is 18.6 Å². The van der Waals surface area contributed by atoms with E-state index in [-0.39, 0.29) is 13.2 Å². The van der Waals surface area contributed by atoms with E-state index in [1.807, 2.05) is 36.4 Å². The van der Waals surface area contributed by atoms with Crippen LogP contribution < -0.4 is 5.73 Å². The molecule has 1 unspecified atom stereocenters. The number of esters is 2. The molecular weight excluding hydrogens is 306 g/mol. The van der Waals surface area contributed by atoms with Gasteiger partial charge < -0.3 is 15.2 Å². The van der Waals surface area contributed by atoms with Crippen molar-refractivity contribution >= 4 is 11.9 Å². The van der Waals surface area contributed by atoms with E-state index in [4.69, 9.17) is 15.2 Å². The predicted octanol–water partition coefficient (Wildman–Crippen LogP) is 2.40. The summed E-state index contributed by atoms with van der Waals surface area (Å²) in [5.41, 5.74) is 7.46. The Balaban J connectivity index is 2.15. The van der Waals surface area contributed by atoms with Crippen LogP contribution in [0, 0.1) is 0 Å². The van der Waals surface area contributed by atoms with Crippen LogP contribution in [0.5, 0.6) is 0 Å². The summed E-state index contributed by atoms with van der Waals surface area (Å²) < 4.78 is 10.3. The fourth-order valence-electron chi connectivity index (χ4n) is 2.34. The molecular formula is C19H21NO4. The van der Waals surface area contributed by atoms with Gasteiger partial charge in [0.2, 0.25) is 0 Å². The molecule has 0 aliphatic carbocycles. The van der Waals surface area contributed by atoms with Gasteiger partial charge in [-0.1, -0.05) is 60.7 Å². The Labute approximate surface area is 141 Å². The van der Waals surface area contributed by atoms with E-state index in [1.54, 1.807) is 31.2 Å². The van der Waals surface area contributed by atoms with Crippen molar-refractivity contribution in [3.63, 3.8) is 0 Å². The van der Waals surface area contributed by atoms with Gasteiger partial charge >= 0.3 is 11.9 Å². The standard InChI is InChI=1S/C19H21NO4/c1-2-23-19(22)17(20)16(15-11-7-4-8-12-15)18(21)24-13-14-9-5-3-6-10-14/h3-12,16-17H,2,13,20H2,1H3/t16?,17-/m0/s1. The second kappa shape index (κ2) is 8.84. The lowest BCUT2D eigenvalue weighted by molar-refractivity contribution is -0.154. The fourth-order valence-corrected chi connectivity index (χ4v) is 2.34. The van der Waals surface area contributed by atoms with Crippen LogP contribution in [-0.2, 0) is 25.7 Å². The molecule has 126 valence electrons. The van der Waals surface area contributed by atoms with Crippen LogP contribution in [0.4, 0.5) is 0 Å². The van der Waals surface area contributed by atoms with Crippen LogP contribution >= 0.6 is 0 Å². The maximum atomic E-state index is 12.6. The van der Waals surface area contributed by atoms with E-state index in [0.29, 0.717) is 5.56 Å². The Bertz CT molecular complexity index is 658. The Morgan fingerprint density at radius 3 is 2.08 bits per heavy atom. The van der Waals surface area contributed by atoms with Gasteiger partial charge in [-0.15, -0.1) is 0 Å². The largest absolute Gasteiger partial charge is 0.465 e. The number of hydrogen-bond donors (Lipinski definition) is 1. The quantitative estimate of drug-likeness (QED) is 0.790. The molecule has 0 bridgehead atoms. The molecule has 5 nitrogen and oxygen atoms in total. The van der Waals surface area contributed by atoms with Gasteiger partial charge in [-0.25, -0.2) is 0 Å². The Kier molecular flexibility index (Phi) is 6.51. The van der Waals surface area contributed by atoms with E-state index < -0.39 is 23.9 Å². The molecule has 0 aliphatic heterocycles. The van der Waals surface area contributed by atoms with Crippen LogP contribution in [-0.4, -0.2) is 24.6 Å². The minimum atomic E-state index is -1.12. The molecule has 24 heavy (non-hydrogen) atoms. The zero-order valence-corrected chi connectivity index (χ0v) is 13.6. The number of nitrogens with two attached hydrogens (primary N) is 1. The second-order valence-electron chi connectivity index (χ2n) is 5.26. The Hall–Kier alpha value is -2.66. The van der Waals surface area contributed by atoms with Crippen LogP contribution in [0.2, 0.25) is 0 Å². The Morgan fingerprint density at radius 2 is 1.50 bits per heavy atom. The van der Waals surface area contributed by atoms with Gasteiger partial charge in [-0.3, -0.25) is 9.59 Å². The minimum absolute atomic E-state index is 0.124. The summed E-state index contributed by atoms with van der Waals surface area (Å²) in [6.45, 7) is 2.02. The lowest BCUT2D eigenvalue weighted by atomic mass is 9.92. The summed E-state index contributed by atoms with van der Waals surface area (Å²) in [7, 11) is 0. The van der Waals surface area contributed by atoms with Gasteiger partial charge in [-0.05, 0) is 18.1 Å². The molecule has 2 aromatic carbocycles. The fraction of sp³-hybridized carbons (Fsp3) is 0.263. The highest BCUT2D eigenvalue weighted by molar-refractivity contribution is 5.88. The van der Waals surface area contributed by atoms with Crippen LogP contribution in [0.25, 0.3) is 0 Å². The first-order valence-electron chi connectivity index (χ1n) is 7.81. The predicted molar refractivity (Wildman–Crippen MR) is 90.0 cm³/mol. The zero-order valence-electron chi connectivity index (χ0n) is 13.6. The van der Waals surface area contributed by atoms with Crippen molar-refractivity contribution in [2.45, 2.75) is 25.5 Å². The molecule has 0 aliphatic rings. The highest BCUT2D eigenvalue weighted by Gasteiger charge is 2.34. The molecule has 0 amide bonds. The number of benzene rings is 2. The van der Waals surface area contributed by atoms with Crippen molar-refractivity contribution in [1.82, 2.24) is 0 Å². The maximum Gasteiger partial charge on any atom is 0.324 e. The van der Waals surface area contributed by atoms with E-state index in [0.717, 1.165) is 5.56 Å². The van der Waals surface area contributed by atoms with E-state index in [1.165, 1.54) is 0 Å². The van der Waals surface area contributed by atoms with Crippen LogP contribution in [0.3, 0.4) is 0 Å². The van der Waals surface area contributed by atoms with Crippen molar-refractivity contribution in [2.75, 3.05) is 6.61 Å². The lowest BCUT2D eigenvalue weighted by Gasteiger charge is -2.21. The molecule has 5 heteroatoms. The molecule has 0 heterocycles.